The van der Waals surface area contributed by atoms with Crippen molar-refractivity contribution in [1.82, 2.24) is 4.98 Å². The van der Waals surface area contributed by atoms with Crippen LogP contribution >= 0.6 is 0 Å². The summed E-state index contributed by atoms with van der Waals surface area (Å²) in [5.41, 5.74) is 5.05. The maximum Gasteiger partial charge on any atom is 0.181 e. The molecule has 2 aromatic rings. The summed E-state index contributed by atoms with van der Waals surface area (Å²) in [7, 11) is 0. The van der Waals surface area contributed by atoms with E-state index in [0.717, 1.165) is 11.1 Å². The van der Waals surface area contributed by atoms with E-state index in [2.05, 4.69) is 37.9 Å². The summed E-state index contributed by atoms with van der Waals surface area (Å²) < 4.78 is 5.69. The van der Waals surface area contributed by atoms with E-state index in [4.69, 9.17) is 4.42 Å². The summed E-state index contributed by atoms with van der Waals surface area (Å²) in [5, 5.41) is 0. The van der Waals surface area contributed by atoms with Crippen LogP contribution in [0.3, 0.4) is 0 Å². The van der Waals surface area contributed by atoms with Gasteiger partial charge in [-0.15, -0.1) is 0 Å². The van der Waals surface area contributed by atoms with Gasteiger partial charge in [0.2, 0.25) is 0 Å². The van der Waals surface area contributed by atoms with E-state index in [0.29, 0.717) is 5.92 Å². The summed E-state index contributed by atoms with van der Waals surface area (Å²) in [6.07, 6.45) is 8.16. The predicted octanol–water partition coefficient (Wildman–Crippen LogP) is 5.17. The maximum atomic E-state index is 5.69. The van der Waals surface area contributed by atoms with E-state index in [1.807, 2.05) is 0 Å². The summed E-state index contributed by atoms with van der Waals surface area (Å²) >= 11 is 0. The average molecular weight is 257 g/mol. The molecule has 0 radical (unpaired) electrons. The Labute approximate surface area is 115 Å². The minimum absolute atomic E-state index is 0.265. The van der Waals surface area contributed by atoms with Crippen LogP contribution in [0.1, 0.15) is 69.9 Å². The average Bonchev–Trinajstić information content (AvgIpc) is 2.86. The number of fused-ring (bicyclic) bond motifs is 1. The fourth-order valence-corrected chi connectivity index (χ4v) is 3.37. The van der Waals surface area contributed by atoms with Crippen LogP contribution in [-0.4, -0.2) is 4.98 Å². The van der Waals surface area contributed by atoms with Gasteiger partial charge in [0.25, 0.3) is 0 Å². The van der Waals surface area contributed by atoms with Crippen LogP contribution < -0.4 is 0 Å². The van der Waals surface area contributed by atoms with Crippen molar-refractivity contribution in [2.24, 2.45) is 0 Å². The molecule has 1 heterocycles. The Kier molecular flexibility index (Phi) is 3.12. The molecule has 0 spiro atoms. The zero-order chi connectivity index (χ0) is 13.5. The van der Waals surface area contributed by atoms with Crippen LogP contribution in [-0.2, 0) is 5.41 Å². The van der Waals surface area contributed by atoms with E-state index < -0.39 is 0 Å². The highest BCUT2D eigenvalue weighted by atomic mass is 16.3. The molecule has 0 N–H and O–H groups in total. The quantitative estimate of drug-likeness (QED) is 0.741. The minimum Gasteiger partial charge on any atom is -0.443 e. The van der Waals surface area contributed by atoms with Crippen molar-refractivity contribution in [3.8, 4) is 0 Å². The van der Waals surface area contributed by atoms with Crippen LogP contribution in [0.4, 0.5) is 0 Å². The zero-order valence-corrected chi connectivity index (χ0v) is 12.2. The highest BCUT2D eigenvalue weighted by Gasteiger charge is 2.32. The molecule has 2 heteroatoms. The third-order valence-electron chi connectivity index (χ3n) is 4.73. The molecule has 1 aromatic heterocycles. The first kappa shape index (κ1) is 12.7. The minimum atomic E-state index is 0.265. The second-order valence-corrected chi connectivity index (χ2v) is 6.55. The number of aromatic nitrogens is 1. The standard InChI is InChI=1S/C17H23NO/c1-12(2)13-9-14(16-15(10-13)18-11-19-16)17(3)7-5-4-6-8-17/h9-12H,4-8H2,1-3H3. The van der Waals surface area contributed by atoms with Gasteiger partial charge in [0.15, 0.2) is 12.0 Å². The van der Waals surface area contributed by atoms with Crippen LogP contribution in [0, 0.1) is 0 Å². The zero-order valence-electron chi connectivity index (χ0n) is 12.2. The lowest BCUT2D eigenvalue weighted by molar-refractivity contribution is 0.318. The summed E-state index contributed by atoms with van der Waals surface area (Å²) in [6, 6.07) is 4.54. The Bertz CT molecular complexity index is 576. The normalized spacial score (nSPS) is 19.2. The predicted molar refractivity (Wildman–Crippen MR) is 78.5 cm³/mol. The van der Waals surface area contributed by atoms with Gasteiger partial charge in [-0.25, -0.2) is 4.98 Å². The number of hydrogen-bond donors (Lipinski definition) is 0. The van der Waals surface area contributed by atoms with Crippen molar-refractivity contribution in [3.63, 3.8) is 0 Å². The molecule has 102 valence electrons. The van der Waals surface area contributed by atoms with Crippen LogP contribution in [0.5, 0.6) is 0 Å². The van der Waals surface area contributed by atoms with Crippen molar-refractivity contribution in [2.45, 2.75) is 64.2 Å². The van der Waals surface area contributed by atoms with Crippen molar-refractivity contribution >= 4 is 11.1 Å². The number of benzene rings is 1. The Morgan fingerprint density at radius 2 is 1.89 bits per heavy atom. The van der Waals surface area contributed by atoms with Crippen LogP contribution in [0.15, 0.2) is 22.9 Å². The van der Waals surface area contributed by atoms with E-state index in [-0.39, 0.29) is 5.41 Å². The SMILES string of the molecule is CC(C)c1cc(C2(C)CCCCC2)c2ocnc2c1. The van der Waals surface area contributed by atoms with Crippen molar-refractivity contribution in [2.75, 3.05) is 0 Å². The third kappa shape index (κ3) is 2.18. The third-order valence-corrected chi connectivity index (χ3v) is 4.73. The Balaban J connectivity index is 2.17. The maximum absolute atomic E-state index is 5.69. The monoisotopic (exact) mass is 257 g/mol. The lowest BCUT2D eigenvalue weighted by atomic mass is 9.70. The first-order chi connectivity index (χ1) is 9.10. The molecular weight excluding hydrogens is 234 g/mol. The summed E-state index contributed by atoms with van der Waals surface area (Å²) in [4.78, 5) is 4.38. The van der Waals surface area contributed by atoms with Crippen molar-refractivity contribution in [3.05, 3.63) is 29.7 Å². The van der Waals surface area contributed by atoms with E-state index in [9.17, 15) is 0 Å². The van der Waals surface area contributed by atoms with Gasteiger partial charge in [0.1, 0.15) is 5.52 Å². The lowest BCUT2D eigenvalue weighted by Crippen LogP contribution is -2.25. The fourth-order valence-electron chi connectivity index (χ4n) is 3.37. The molecule has 19 heavy (non-hydrogen) atoms. The molecule has 1 aromatic carbocycles. The molecule has 3 rings (SSSR count). The van der Waals surface area contributed by atoms with E-state index >= 15 is 0 Å². The molecule has 1 aliphatic rings. The molecule has 0 aliphatic heterocycles. The summed E-state index contributed by atoms with van der Waals surface area (Å²) in [5.74, 6) is 0.534. The lowest BCUT2D eigenvalue weighted by Gasteiger charge is -2.34. The van der Waals surface area contributed by atoms with Gasteiger partial charge in [-0.3, -0.25) is 0 Å². The fraction of sp³-hybridized carbons (Fsp3) is 0.588. The molecule has 1 fully saturated rings. The van der Waals surface area contributed by atoms with E-state index in [1.54, 1.807) is 6.39 Å². The molecule has 0 amide bonds. The number of rotatable bonds is 2. The van der Waals surface area contributed by atoms with Crippen molar-refractivity contribution < 1.29 is 4.42 Å². The van der Waals surface area contributed by atoms with Gasteiger partial charge >= 0.3 is 0 Å². The van der Waals surface area contributed by atoms with Gasteiger partial charge in [-0.05, 0) is 35.8 Å². The van der Waals surface area contributed by atoms with E-state index in [1.165, 1.54) is 43.2 Å². The number of hydrogen-bond acceptors (Lipinski definition) is 2. The molecule has 1 saturated carbocycles. The van der Waals surface area contributed by atoms with Crippen LogP contribution in [0.25, 0.3) is 11.1 Å². The molecular formula is C17H23NO. The first-order valence-corrected chi connectivity index (χ1v) is 7.48. The molecule has 0 bridgehead atoms. The van der Waals surface area contributed by atoms with Gasteiger partial charge in [-0.2, -0.15) is 0 Å². The number of nitrogens with zero attached hydrogens (tertiary/aromatic N) is 1. The summed E-state index contributed by atoms with van der Waals surface area (Å²) in [6.45, 7) is 6.88. The van der Waals surface area contributed by atoms with Crippen LogP contribution in [0.2, 0.25) is 0 Å². The highest BCUT2D eigenvalue weighted by molar-refractivity contribution is 5.78. The molecule has 0 saturated heterocycles. The largest absolute Gasteiger partial charge is 0.443 e. The Hall–Kier alpha value is -1.31. The number of oxazole rings is 1. The Morgan fingerprint density at radius 3 is 2.58 bits per heavy atom. The van der Waals surface area contributed by atoms with Gasteiger partial charge in [0.05, 0.1) is 0 Å². The topological polar surface area (TPSA) is 26.0 Å². The molecule has 1 aliphatic carbocycles. The van der Waals surface area contributed by atoms with Gasteiger partial charge < -0.3 is 4.42 Å². The van der Waals surface area contributed by atoms with Crippen molar-refractivity contribution in [1.29, 1.82) is 0 Å². The first-order valence-electron chi connectivity index (χ1n) is 7.48. The highest BCUT2D eigenvalue weighted by Crippen LogP contribution is 2.42. The molecule has 0 atom stereocenters. The second kappa shape index (κ2) is 4.66. The Morgan fingerprint density at radius 1 is 1.16 bits per heavy atom. The van der Waals surface area contributed by atoms with Gasteiger partial charge in [-0.1, -0.05) is 46.1 Å². The van der Waals surface area contributed by atoms with Gasteiger partial charge in [0, 0.05) is 5.56 Å². The molecule has 0 unspecified atom stereocenters. The molecule has 2 nitrogen and oxygen atoms in total. The smallest absolute Gasteiger partial charge is 0.181 e. The second-order valence-electron chi connectivity index (χ2n) is 6.55.